The van der Waals surface area contributed by atoms with E-state index in [9.17, 15) is 5.11 Å². The standard InChI is InChI=1S/C13H13BrO2S/c1-2-16-9-5-6-10(11(14)8-9)13(15)12-4-3-7-17-12/h3-8,13,15H,2H2,1H3. The van der Waals surface area contributed by atoms with Crippen molar-refractivity contribution >= 4 is 27.3 Å². The molecule has 2 rings (SSSR count). The molecule has 1 atom stereocenters. The minimum absolute atomic E-state index is 0.583. The minimum Gasteiger partial charge on any atom is -0.494 e. The summed E-state index contributed by atoms with van der Waals surface area (Å²) >= 11 is 5.01. The molecule has 0 aliphatic rings. The molecule has 0 aliphatic heterocycles. The first-order valence-corrected chi connectivity index (χ1v) is 7.03. The topological polar surface area (TPSA) is 29.5 Å². The fourth-order valence-corrected chi connectivity index (χ4v) is 2.89. The predicted octanol–water partition coefficient (Wildman–Crippen LogP) is 3.99. The van der Waals surface area contributed by atoms with Gasteiger partial charge in [-0.1, -0.05) is 28.1 Å². The van der Waals surface area contributed by atoms with Crippen LogP contribution in [0.1, 0.15) is 23.5 Å². The predicted molar refractivity (Wildman–Crippen MR) is 73.7 cm³/mol. The Hall–Kier alpha value is -0.840. The van der Waals surface area contributed by atoms with Crippen LogP contribution in [-0.4, -0.2) is 11.7 Å². The first-order chi connectivity index (χ1) is 8.22. The van der Waals surface area contributed by atoms with Crippen LogP contribution in [0.5, 0.6) is 5.75 Å². The smallest absolute Gasteiger partial charge is 0.120 e. The van der Waals surface area contributed by atoms with Crippen LogP contribution in [0.15, 0.2) is 40.2 Å². The second kappa shape index (κ2) is 5.67. The maximum Gasteiger partial charge on any atom is 0.120 e. The van der Waals surface area contributed by atoms with Gasteiger partial charge in [0.05, 0.1) is 6.61 Å². The Bertz CT molecular complexity index is 482. The highest BCUT2D eigenvalue weighted by atomic mass is 79.9. The van der Waals surface area contributed by atoms with Crippen molar-refractivity contribution in [1.29, 1.82) is 0 Å². The average Bonchev–Trinajstić information content (AvgIpc) is 2.82. The molecule has 1 aromatic heterocycles. The Morgan fingerprint density at radius 1 is 1.41 bits per heavy atom. The summed E-state index contributed by atoms with van der Waals surface area (Å²) in [6.45, 7) is 2.58. The summed E-state index contributed by atoms with van der Waals surface area (Å²) in [4.78, 5) is 0.940. The molecule has 0 radical (unpaired) electrons. The van der Waals surface area contributed by atoms with Crippen molar-refractivity contribution in [3.05, 3.63) is 50.6 Å². The molecule has 1 unspecified atom stereocenters. The van der Waals surface area contributed by atoms with E-state index in [1.165, 1.54) is 0 Å². The van der Waals surface area contributed by atoms with Gasteiger partial charge in [-0.05, 0) is 30.5 Å². The molecule has 1 aromatic carbocycles. The van der Waals surface area contributed by atoms with Gasteiger partial charge >= 0.3 is 0 Å². The summed E-state index contributed by atoms with van der Waals surface area (Å²) in [5, 5.41) is 12.2. The van der Waals surface area contributed by atoms with Gasteiger partial charge in [0.25, 0.3) is 0 Å². The number of hydrogen-bond donors (Lipinski definition) is 1. The lowest BCUT2D eigenvalue weighted by Gasteiger charge is -2.12. The van der Waals surface area contributed by atoms with E-state index in [2.05, 4.69) is 15.9 Å². The van der Waals surface area contributed by atoms with E-state index in [1.807, 2.05) is 42.6 Å². The number of aliphatic hydroxyl groups is 1. The molecule has 1 heterocycles. The van der Waals surface area contributed by atoms with Crippen molar-refractivity contribution in [2.75, 3.05) is 6.61 Å². The highest BCUT2D eigenvalue weighted by Crippen LogP contribution is 2.33. The summed E-state index contributed by atoms with van der Waals surface area (Å²) in [6, 6.07) is 9.51. The molecule has 0 aliphatic carbocycles. The molecule has 0 saturated carbocycles. The monoisotopic (exact) mass is 312 g/mol. The fourth-order valence-electron chi connectivity index (χ4n) is 1.59. The van der Waals surface area contributed by atoms with E-state index in [-0.39, 0.29) is 0 Å². The SMILES string of the molecule is CCOc1ccc(C(O)c2cccs2)c(Br)c1. The number of hydrogen-bond acceptors (Lipinski definition) is 3. The van der Waals surface area contributed by atoms with Crippen LogP contribution in [0.2, 0.25) is 0 Å². The number of rotatable bonds is 4. The van der Waals surface area contributed by atoms with Crippen molar-refractivity contribution in [1.82, 2.24) is 0 Å². The number of thiophene rings is 1. The highest BCUT2D eigenvalue weighted by molar-refractivity contribution is 9.10. The van der Waals surface area contributed by atoms with Gasteiger partial charge in [0.2, 0.25) is 0 Å². The third-order valence-electron chi connectivity index (χ3n) is 2.39. The molecule has 2 aromatic rings. The molecule has 0 saturated heterocycles. The van der Waals surface area contributed by atoms with Crippen LogP contribution < -0.4 is 4.74 Å². The zero-order valence-corrected chi connectivity index (χ0v) is 11.8. The van der Waals surface area contributed by atoms with Crippen LogP contribution in [-0.2, 0) is 0 Å². The Balaban J connectivity index is 2.27. The Kier molecular flexibility index (Phi) is 4.20. The molecule has 0 bridgehead atoms. The molecule has 1 N–H and O–H groups in total. The van der Waals surface area contributed by atoms with Gasteiger partial charge in [-0.15, -0.1) is 11.3 Å². The molecular weight excluding hydrogens is 300 g/mol. The lowest BCUT2D eigenvalue weighted by Crippen LogP contribution is -1.99. The van der Waals surface area contributed by atoms with E-state index in [1.54, 1.807) is 11.3 Å². The second-order valence-corrected chi connectivity index (χ2v) is 5.37. The molecule has 0 amide bonds. The van der Waals surface area contributed by atoms with Crippen molar-refractivity contribution in [3.8, 4) is 5.75 Å². The molecule has 4 heteroatoms. The maximum absolute atomic E-state index is 10.2. The quantitative estimate of drug-likeness (QED) is 0.925. The van der Waals surface area contributed by atoms with Crippen molar-refractivity contribution in [2.45, 2.75) is 13.0 Å². The van der Waals surface area contributed by atoms with Gasteiger partial charge in [0, 0.05) is 14.9 Å². The lowest BCUT2D eigenvalue weighted by molar-refractivity contribution is 0.223. The number of halogens is 1. The summed E-state index contributed by atoms with van der Waals surface area (Å²) in [6.07, 6.45) is -0.583. The average molecular weight is 313 g/mol. The van der Waals surface area contributed by atoms with Crippen molar-refractivity contribution in [2.24, 2.45) is 0 Å². The first-order valence-electron chi connectivity index (χ1n) is 5.36. The van der Waals surface area contributed by atoms with E-state index >= 15 is 0 Å². The van der Waals surface area contributed by atoms with Crippen molar-refractivity contribution < 1.29 is 9.84 Å². The summed E-state index contributed by atoms with van der Waals surface area (Å²) in [7, 11) is 0. The van der Waals surface area contributed by atoms with Crippen molar-refractivity contribution in [3.63, 3.8) is 0 Å². The van der Waals surface area contributed by atoms with Gasteiger partial charge in [-0.2, -0.15) is 0 Å². The summed E-state index contributed by atoms with van der Waals surface area (Å²) < 4.78 is 6.27. The second-order valence-electron chi connectivity index (χ2n) is 3.53. The Morgan fingerprint density at radius 3 is 2.82 bits per heavy atom. The largest absolute Gasteiger partial charge is 0.494 e. The van der Waals surface area contributed by atoms with E-state index in [0.717, 1.165) is 20.7 Å². The maximum atomic E-state index is 10.2. The molecule has 17 heavy (non-hydrogen) atoms. The Labute approximate surface area is 113 Å². The number of benzene rings is 1. The summed E-state index contributed by atoms with van der Waals surface area (Å²) in [5.41, 5.74) is 0.857. The van der Waals surface area contributed by atoms with Gasteiger partial charge in [0.15, 0.2) is 0 Å². The fraction of sp³-hybridized carbons (Fsp3) is 0.231. The van der Waals surface area contributed by atoms with E-state index in [0.29, 0.717) is 6.61 Å². The first kappa shape index (κ1) is 12.6. The zero-order valence-electron chi connectivity index (χ0n) is 9.39. The van der Waals surface area contributed by atoms with Gasteiger partial charge in [-0.25, -0.2) is 0 Å². The molecule has 90 valence electrons. The van der Waals surface area contributed by atoms with Crippen LogP contribution in [0.4, 0.5) is 0 Å². The number of ether oxygens (including phenoxy) is 1. The normalized spacial score (nSPS) is 12.4. The molecular formula is C13H13BrO2S. The van der Waals surface area contributed by atoms with Gasteiger partial charge in [0.1, 0.15) is 11.9 Å². The van der Waals surface area contributed by atoms with Crippen LogP contribution >= 0.6 is 27.3 Å². The lowest BCUT2D eigenvalue weighted by atomic mass is 10.1. The molecule has 0 spiro atoms. The zero-order chi connectivity index (χ0) is 12.3. The highest BCUT2D eigenvalue weighted by Gasteiger charge is 2.14. The van der Waals surface area contributed by atoms with Crippen LogP contribution in [0.25, 0.3) is 0 Å². The minimum atomic E-state index is -0.583. The third kappa shape index (κ3) is 2.89. The molecule has 0 fully saturated rings. The third-order valence-corrected chi connectivity index (χ3v) is 4.00. The van der Waals surface area contributed by atoms with Crippen LogP contribution in [0, 0.1) is 0 Å². The summed E-state index contributed by atoms with van der Waals surface area (Å²) in [5.74, 6) is 0.807. The number of aliphatic hydroxyl groups excluding tert-OH is 1. The van der Waals surface area contributed by atoms with E-state index < -0.39 is 6.10 Å². The van der Waals surface area contributed by atoms with E-state index in [4.69, 9.17) is 4.74 Å². The van der Waals surface area contributed by atoms with Gasteiger partial charge < -0.3 is 9.84 Å². The Morgan fingerprint density at radius 2 is 2.24 bits per heavy atom. The van der Waals surface area contributed by atoms with Gasteiger partial charge in [-0.3, -0.25) is 0 Å². The van der Waals surface area contributed by atoms with Crippen LogP contribution in [0.3, 0.4) is 0 Å². The molecule has 2 nitrogen and oxygen atoms in total.